The average molecular weight is 354 g/mol. The smallest absolute Gasteiger partial charge is 0.266 e. The summed E-state index contributed by atoms with van der Waals surface area (Å²) in [5, 5.41) is 15.1. The second kappa shape index (κ2) is 8.13. The van der Waals surface area contributed by atoms with Crippen molar-refractivity contribution in [3.05, 3.63) is 64.2 Å². The van der Waals surface area contributed by atoms with Crippen molar-refractivity contribution in [2.45, 2.75) is 13.8 Å². The van der Waals surface area contributed by atoms with Crippen LogP contribution in [-0.4, -0.2) is 11.8 Å². The number of amides is 2. The van der Waals surface area contributed by atoms with E-state index in [2.05, 4.69) is 10.6 Å². The standard InChI is InChI=1S/C19H16ClN3O2/c1-12-3-6-16(20)10-18(12)23-19(25)15(11-21)9-14-4-7-17(8-5-14)22-13(2)24/h3-10H,1-2H3,(H,22,24)(H,23,25)/b15-9+. The summed E-state index contributed by atoms with van der Waals surface area (Å²) < 4.78 is 0. The van der Waals surface area contributed by atoms with Crippen LogP contribution in [0.5, 0.6) is 0 Å². The fourth-order valence-corrected chi connectivity index (χ4v) is 2.27. The van der Waals surface area contributed by atoms with Crippen molar-refractivity contribution in [3.8, 4) is 6.07 Å². The highest BCUT2D eigenvalue weighted by Gasteiger charge is 2.11. The van der Waals surface area contributed by atoms with Crippen LogP contribution in [0.25, 0.3) is 6.08 Å². The Labute approximate surface area is 150 Å². The Kier molecular flexibility index (Phi) is 5.93. The fraction of sp³-hybridized carbons (Fsp3) is 0.105. The van der Waals surface area contributed by atoms with Gasteiger partial charge in [0, 0.05) is 23.3 Å². The largest absolute Gasteiger partial charge is 0.326 e. The quantitative estimate of drug-likeness (QED) is 0.639. The number of carbonyl (C=O) groups is 2. The van der Waals surface area contributed by atoms with E-state index in [-0.39, 0.29) is 11.5 Å². The third-order valence-electron chi connectivity index (χ3n) is 3.35. The van der Waals surface area contributed by atoms with Gasteiger partial charge in [-0.15, -0.1) is 0 Å². The first kappa shape index (κ1) is 18.2. The van der Waals surface area contributed by atoms with E-state index in [1.165, 1.54) is 13.0 Å². The third kappa shape index (κ3) is 5.20. The van der Waals surface area contributed by atoms with Gasteiger partial charge in [0.1, 0.15) is 11.6 Å². The monoisotopic (exact) mass is 353 g/mol. The molecule has 0 spiro atoms. The molecule has 25 heavy (non-hydrogen) atoms. The summed E-state index contributed by atoms with van der Waals surface area (Å²) in [6, 6.07) is 13.9. The van der Waals surface area contributed by atoms with E-state index in [0.717, 1.165) is 5.56 Å². The summed E-state index contributed by atoms with van der Waals surface area (Å²) in [7, 11) is 0. The molecule has 0 bridgehead atoms. The molecule has 0 saturated heterocycles. The van der Waals surface area contributed by atoms with Gasteiger partial charge in [0.2, 0.25) is 5.91 Å². The molecule has 0 aromatic heterocycles. The maximum Gasteiger partial charge on any atom is 0.266 e. The first-order valence-electron chi connectivity index (χ1n) is 7.46. The summed E-state index contributed by atoms with van der Waals surface area (Å²) >= 11 is 5.93. The molecule has 0 unspecified atom stereocenters. The van der Waals surface area contributed by atoms with E-state index in [9.17, 15) is 14.9 Å². The number of aryl methyl sites for hydroxylation is 1. The van der Waals surface area contributed by atoms with Crippen LogP contribution in [0.1, 0.15) is 18.1 Å². The van der Waals surface area contributed by atoms with E-state index in [1.54, 1.807) is 42.5 Å². The lowest BCUT2D eigenvalue weighted by Gasteiger charge is -2.08. The Balaban J connectivity index is 2.19. The number of nitrogens with zero attached hydrogens (tertiary/aromatic N) is 1. The minimum atomic E-state index is -0.515. The lowest BCUT2D eigenvalue weighted by molar-refractivity contribution is -0.114. The van der Waals surface area contributed by atoms with Crippen LogP contribution in [0.15, 0.2) is 48.0 Å². The van der Waals surface area contributed by atoms with Crippen molar-refractivity contribution < 1.29 is 9.59 Å². The number of hydrogen-bond acceptors (Lipinski definition) is 3. The minimum Gasteiger partial charge on any atom is -0.326 e. The van der Waals surface area contributed by atoms with Gasteiger partial charge in [-0.05, 0) is 48.4 Å². The minimum absolute atomic E-state index is 0.0355. The molecule has 0 aliphatic carbocycles. The Morgan fingerprint density at radius 2 is 1.80 bits per heavy atom. The summed E-state index contributed by atoms with van der Waals surface area (Å²) in [6.07, 6.45) is 1.48. The van der Waals surface area contributed by atoms with Crippen molar-refractivity contribution >= 4 is 40.9 Å². The molecule has 2 N–H and O–H groups in total. The SMILES string of the molecule is CC(=O)Nc1ccc(/C=C(\C#N)C(=O)Nc2cc(Cl)ccc2C)cc1. The zero-order chi connectivity index (χ0) is 18.4. The maximum atomic E-state index is 12.3. The van der Waals surface area contributed by atoms with Crippen molar-refractivity contribution in [2.24, 2.45) is 0 Å². The second-order valence-corrected chi connectivity index (χ2v) is 5.82. The second-order valence-electron chi connectivity index (χ2n) is 5.39. The first-order valence-corrected chi connectivity index (χ1v) is 7.84. The summed E-state index contributed by atoms with van der Waals surface area (Å²) in [6.45, 7) is 3.26. The van der Waals surface area contributed by atoms with E-state index < -0.39 is 5.91 Å². The predicted octanol–water partition coefficient (Wildman–Crippen LogP) is 4.15. The Hall–Kier alpha value is -3.10. The fourth-order valence-electron chi connectivity index (χ4n) is 2.10. The normalized spacial score (nSPS) is 10.7. The van der Waals surface area contributed by atoms with Gasteiger partial charge in [-0.2, -0.15) is 5.26 Å². The Morgan fingerprint density at radius 3 is 2.40 bits per heavy atom. The maximum absolute atomic E-state index is 12.3. The lowest BCUT2D eigenvalue weighted by Crippen LogP contribution is -2.14. The van der Waals surface area contributed by atoms with Crippen LogP contribution < -0.4 is 10.6 Å². The van der Waals surface area contributed by atoms with Gasteiger partial charge < -0.3 is 10.6 Å². The van der Waals surface area contributed by atoms with Gasteiger partial charge in [-0.25, -0.2) is 0 Å². The van der Waals surface area contributed by atoms with E-state index >= 15 is 0 Å². The molecule has 0 heterocycles. The van der Waals surface area contributed by atoms with E-state index in [4.69, 9.17) is 11.6 Å². The molecule has 5 nitrogen and oxygen atoms in total. The molecule has 2 aromatic rings. The third-order valence-corrected chi connectivity index (χ3v) is 3.59. The molecule has 2 amide bonds. The van der Waals surface area contributed by atoms with Gasteiger partial charge in [-0.3, -0.25) is 9.59 Å². The van der Waals surface area contributed by atoms with Crippen LogP contribution >= 0.6 is 11.6 Å². The number of rotatable bonds is 4. The highest BCUT2D eigenvalue weighted by atomic mass is 35.5. The van der Waals surface area contributed by atoms with Crippen LogP contribution in [0.3, 0.4) is 0 Å². The molecule has 0 radical (unpaired) electrons. The molecule has 2 aromatic carbocycles. The molecule has 0 saturated carbocycles. The van der Waals surface area contributed by atoms with Gasteiger partial charge >= 0.3 is 0 Å². The molecule has 0 aliphatic rings. The number of hydrogen-bond donors (Lipinski definition) is 2. The molecular weight excluding hydrogens is 338 g/mol. The van der Waals surface area contributed by atoms with Crippen molar-refractivity contribution in [1.82, 2.24) is 0 Å². The summed E-state index contributed by atoms with van der Waals surface area (Å²) in [5.74, 6) is -0.684. The number of anilines is 2. The molecular formula is C19H16ClN3O2. The number of halogens is 1. The number of carbonyl (C=O) groups excluding carboxylic acids is 2. The predicted molar refractivity (Wildman–Crippen MR) is 99.2 cm³/mol. The van der Waals surface area contributed by atoms with E-state index in [1.807, 2.05) is 13.0 Å². The van der Waals surface area contributed by atoms with E-state index in [0.29, 0.717) is 22.0 Å². The zero-order valence-electron chi connectivity index (χ0n) is 13.8. The zero-order valence-corrected chi connectivity index (χ0v) is 14.5. The van der Waals surface area contributed by atoms with Crippen molar-refractivity contribution in [2.75, 3.05) is 10.6 Å². The molecule has 0 fully saturated rings. The Morgan fingerprint density at radius 1 is 1.12 bits per heavy atom. The summed E-state index contributed by atoms with van der Waals surface area (Å²) in [5.41, 5.74) is 2.67. The van der Waals surface area contributed by atoms with Gasteiger partial charge in [0.15, 0.2) is 0 Å². The number of benzene rings is 2. The average Bonchev–Trinajstić information content (AvgIpc) is 2.57. The van der Waals surface area contributed by atoms with Crippen molar-refractivity contribution in [3.63, 3.8) is 0 Å². The highest BCUT2D eigenvalue weighted by molar-refractivity contribution is 6.31. The highest BCUT2D eigenvalue weighted by Crippen LogP contribution is 2.21. The molecule has 0 aliphatic heterocycles. The van der Waals surface area contributed by atoms with Crippen molar-refractivity contribution in [1.29, 1.82) is 5.26 Å². The first-order chi connectivity index (χ1) is 11.9. The molecule has 0 atom stereocenters. The Bertz CT molecular complexity index is 881. The molecule has 2 rings (SSSR count). The van der Waals surface area contributed by atoms with Gasteiger partial charge in [0.25, 0.3) is 5.91 Å². The topological polar surface area (TPSA) is 82.0 Å². The lowest BCUT2D eigenvalue weighted by atomic mass is 10.1. The number of nitriles is 1. The van der Waals surface area contributed by atoms with Crippen LogP contribution in [0, 0.1) is 18.3 Å². The number of nitrogens with one attached hydrogen (secondary N) is 2. The molecule has 6 heteroatoms. The summed E-state index contributed by atoms with van der Waals surface area (Å²) in [4.78, 5) is 23.3. The molecule has 126 valence electrons. The van der Waals surface area contributed by atoms with Crippen LogP contribution in [0.4, 0.5) is 11.4 Å². The van der Waals surface area contributed by atoms with Gasteiger partial charge in [-0.1, -0.05) is 29.8 Å². The van der Waals surface area contributed by atoms with Gasteiger partial charge in [0.05, 0.1) is 0 Å². The van der Waals surface area contributed by atoms with Crippen LogP contribution in [0.2, 0.25) is 5.02 Å². The van der Waals surface area contributed by atoms with Crippen LogP contribution in [-0.2, 0) is 9.59 Å².